The van der Waals surface area contributed by atoms with Crippen LogP contribution in [0, 0.1) is 0 Å². The number of β-amino-alcohol motifs (C(OH)–C–C–N with tert-alkyl or cyclic N) is 1. The van der Waals surface area contributed by atoms with E-state index in [1.165, 1.54) is 0 Å². The minimum atomic E-state index is -1.10. The zero-order valence-corrected chi connectivity index (χ0v) is 21.0. The van der Waals surface area contributed by atoms with E-state index in [9.17, 15) is 5.11 Å². The molecule has 4 rings (SSSR count). The third-order valence-electron chi connectivity index (χ3n) is 6.00. The summed E-state index contributed by atoms with van der Waals surface area (Å²) in [5, 5.41) is 11.8. The Morgan fingerprint density at radius 1 is 1.14 bits per heavy atom. The lowest BCUT2D eigenvalue weighted by Crippen LogP contribution is -2.48. The number of hydrogen-bond acceptors (Lipinski definition) is 6. The van der Waals surface area contributed by atoms with Crippen LogP contribution in [-0.2, 0) is 24.2 Å². The summed E-state index contributed by atoms with van der Waals surface area (Å²) in [6.07, 6.45) is 5.71. The van der Waals surface area contributed by atoms with Crippen LogP contribution in [0.2, 0.25) is 5.02 Å². The molecular weight excluding hydrogens is 466 g/mol. The number of benzene rings is 2. The predicted octanol–water partition coefficient (Wildman–Crippen LogP) is 4.21. The van der Waals surface area contributed by atoms with Gasteiger partial charge in [-0.3, -0.25) is 4.90 Å². The van der Waals surface area contributed by atoms with Gasteiger partial charge in [-0.15, -0.1) is 0 Å². The first-order chi connectivity index (χ1) is 17.0. The fourth-order valence-electron chi connectivity index (χ4n) is 4.24. The second-order valence-electron chi connectivity index (χ2n) is 8.97. The maximum atomic E-state index is 11.2. The highest BCUT2D eigenvalue weighted by Crippen LogP contribution is 2.21. The molecule has 35 heavy (non-hydrogen) atoms. The smallest absolute Gasteiger partial charge is 0.134 e. The van der Waals surface area contributed by atoms with Crippen molar-refractivity contribution in [3.63, 3.8) is 0 Å². The molecule has 1 saturated heterocycles. The first-order valence-corrected chi connectivity index (χ1v) is 12.5. The van der Waals surface area contributed by atoms with Crippen LogP contribution in [0.15, 0.2) is 60.9 Å². The van der Waals surface area contributed by atoms with E-state index in [1.807, 2.05) is 24.5 Å². The third-order valence-corrected chi connectivity index (χ3v) is 6.25. The molecule has 0 aliphatic carbocycles. The molecule has 1 aliphatic rings. The molecule has 1 fully saturated rings. The molecule has 0 radical (unpaired) electrons. The van der Waals surface area contributed by atoms with Crippen molar-refractivity contribution < 1.29 is 19.3 Å². The van der Waals surface area contributed by atoms with Gasteiger partial charge in [0.15, 0.2) is 0 Å². The maximum absolute atomic E-state index is 11.2. The molecule has 1 unspecified atom stereocenters. The lowest BCUT2D eigenvalue weighted by Gasteiger charge is -2.30. The first-order valence-electron chi connectivity index (χ1n) is 12.2. The van der Waals surface area contributed by atoms with E-state index in [0.29, 0.717) is 37.1 Å². The van der Waals surface area contributed by atoms with E-state index < -0.39 is 5.60 Å². The summed E-state index contributed by atoms with van der Waals surface area (Å²) in [5.74, 6) is 2.63. The van der Waals surface area contributed by atoms with Crippen LogP contribution in [0.25, 0.3) is 0 Å². The summed E-state index contributed by atoms with van der Waals surface area (Å²) in [6.45, 7) is 6.48. The molecule has 1 aliphatic heterocycles. The van der Waals surface area contributed by atoms with Crippen LogP contribution in [0.3, 0.4) is 0 Å². The van der Waals surface area contributed by atoms with E-state index in [-0.39, 0.29) is 13.2 Å². The van der Waals surface area contributed by atoms with Crippen LogP contribution in [0.5, 0.6) is 11.5 Å². The standard InChI is InChI=1S/C27H34ClN3O4/c1-2-26-29-11-13-31(26)12-4-15-34-25-6-3-5-22(17-25)18-30-14-16-33-20-27(32,19-30)21-35-24-9-7-23(28)8-10-24/h3,5-11,13,17,32H,2,4,12,14-16,18-21H2,1H3. The number of nitrogens with zero attached hydrogens (tertiary/aromatic N) is 3. The summed E-state index contributed by atoms with van der Waals surface area (Å²) < 4.78 is 19.7. The molecule has 0 saturated carbocycles. The predicted molar refractivity (Wildman–Crippen MR) is 136 cm³/mol. The van der Waals surface area contributed by atoms with E-state index in [1.54, 1.807) is 24.3 Å². The number of hydrogen-bond donors (Lipinski definition) is 1. The number of aromatic nitrogens is 2. The van der Waals surface area contributed by atoms with Crippen LogP contribution in [-0.4, -0.2) is 64.7 Å². The number of ether oxygens (including phenoxy) is 3. The number of aryl methyl sites for hydroxylation is 2. The van der Waals surface area contributed by atoms with Crippen molar-refractivity contribution in [2.75, 3.05) is 39.5 Å². The molecule has 0 amide bonds. The minimum absolute atomic E-state index is 0.144. The zero-order valence-electron chi connectivity index (χ0n) is 20.2. The molecular formula is C27H34ClN3O4. The summed E-state index contributed by atoms with van der Waals surface area (Å²) in [6, 6.07) is 15.3. The van der Waals surface area contributed by atoms with Gasteiger partial charge in [0.1, 0.15) is 29.5 Å². The van der Waals surface area contributed by atoms with Crippen molar-refractivity contribution in [3.05, 3.63) is 77.3 Å². The van der Waals surface area contributed by atoms with Gasteiger partial charge in [0.05, 0.1) is 19.8 Å². The summed E-state index contributed by atoms with van der Waals surface area (Å²) in [5.41, 5.74) is 0.0304. The monoisotopic (exact) mass is 499 g/mol. The molecule has 3 aromatic rings. The average molecular weight is 500 g/mol. The number of rotatable bonds is 11. The van der Waals surface area contributed by atoms with Gasteiger partial charge < -0.3 is 23.9 Å². The Morgan fingerprint density at radius 3 is 2.83 bits per heavy atom. The Morgan fingerprint density at radius 2 is 2.00 bits per heavy atom. The number of imidazole rings is 1. The molecule has 2 heterocycles. The van der Waals surface area contributed by atoms with Crippen LogP contribution >= 0.6 is 11.6 Å². The molecule has 1 aromatic heterocycles. The van der Waals surface area contributed by atoms with Crippen molar-refractivity contribution in [2.24, 2.45) is 0 Å². The normalized spacial score (nSPS) is 18.8. The highest BCUT2D eigenvalue weighted by molar-refractivity contribution is 6.30. The second-order valence-corrected chi connectivity index (χ2v) is 9.41. The largest absolute Gasteiger partial charge is 0.494 e. The van der Waals surface area contributed by atoms with Gasteiger partial charge >= 0.3 is 0 Å². The molecule has 0 bridgehead atoms. The van der Waals surface area contributed by atoms with Crippen molar-refractivity contribution in [1.29, 1.82) is 0 Å². The molecule has 188 valence electrons. The topological polar surface area (TPSA) is 69.0 Å². The van der Waals surface area contributed by atoms with Crippen molar-refractivity contribution >= 4 is 11.6 Å². The highest BCUT2D eigenvalue weighted by atomic mass is 35.5. The summed E-state index contributed by atoms with van der Waals surface area (Å²) >= 11 is 5.94. The Balaban J connectivity index is 1.28. The Labute approximate surface area is 212 Å². The van der Waals surface area contributed by atoms with Gasteiger partial charge in [-0.2, -0.15) is 0 Å². The second kappa shape index (κ2) is 12.4. The number of halogens is 1. The van der Waals surface area contributed by atoms with Gasteiger partial charge in [-0.05, 0) is 48.4 Å². The molecule has 7 nitrogen and oxygen atoms in total. The third kappa shape index (κ3) is 7.70. The summed E-state index contributed by atoms with van der Waals surface area (Å²) in [7, 11) is 0. The zero-order chi connectivity index (χ0) is 24.5. The quantitative estimate of drug-likeness (QED) is 0.399. The SMILES string of the molecule is CCc1nccn1CCCOc1cccc(CN2CCOCC(O)(COc3ccc(Cl)cc3)C2)c1. The number of aliphatic hydroxyl groups is 1. The molecule has 2 aromatic carbocycles. The molecule has 8 heteroatoms. The lowest BCUT2D eigenvalue weighted by molar-refractivity contribution is -0.0646. The molecule has 1 atom stereocenters. The van der Waals surface area contributed by atoms with Crippen LogP contribution in [0.1, 0.15) is 24.7 Å². The fourth-order valence-corrected chi connectivity index (χ4v) is 4.37. The Hall–Kier alpha value is -2.58. The van der Waals surface area contributed by atoms with Gasteiger partial charge in [0.2, 0.25) is 0 Å². The van der Waals surface area contributed by atoms with Crippen molar-refractivity contribution in [3.8, 4) is 11.5 Å². The fraction of sp³-hybridized carbons (Fsp3) is 0.444. The van der Waals surface area contributed by atoms with E-state index in [4.69, 9.17) is 25.8 Å². The van der Waals surface area contributed by atoms with E-state index in [2.05, 4.69) is 33.5 Å². The minimum Gasteiger partial charge on any atom is -0.494 e. The summed E-state index contributed by atoms with van der Waals surface area (Å²) in [4.78, 5) is 6.56. The van der Waals surface area contributed by atoms with Crippen molar-refractivity contribution in [1.82, 2.24) is 14.5 Å². The molecule has 1 N–H and O–H groups in total. The average Bonchev–Trinajstić information content (AvgIpc) is 3.24. The molecule has 0 spiro atoms. The van der Waals surface area contributed by atoms with Gasteiger partial charge in [-0.1, -0.05) is 30.7 Å². The lowest BCUT2D eigenvalue weighted by atomic mass is 10.1. The highest BCUT2D eigenvalue weighted by Gasteiger charge is 2.33. The Kier molecular flexibility index (Phi) is 9.04. The van der Waals surface area contributed by atoms with Crippen LogP contribution in [0.4, 0.5) is 0 Å². The van der Waals surface area contributed by atoms with Gasteiger partial charge in [-0.25, -0.2) is 4.98 Å². The first kappa shape index (κ1) is 25.5. The van der Waals surface area contributed by atoms with E-state index in [0.717, 1.165) is 43.1 Å². The van der Waals surface area contributed by atoms with Gasteiger partial charge in [0, 0.05) is 50.0 Å². The maximum Gasteiger partial charge on any atom is 0.134 e. The van der Waals surface area contributed by atoms with E-state index >= 15 is 0 Å². The van der Waals surface area contributed by atoms with Gasteiger partial charge in [0.25, 0.3) is 0 Å². The van der Waals surface area contributed by atoms with Crippen molar-refractivity contribution in [2.45, 2.75) is 38.5 Å². The Bertz CT molecular complexity index is 1060. The van der Waals surface area contributed by atoms with Crippen LogP contribution < -0.4 is 9.47 Å².